The molecule has 0 radical (unpaired) electrons. The van der Waals surface area contributed by atoms with Crippen molar-refractivity contribution in [1.82, 2.24) is 5.32 Å². The zero-order valence-corrected chi connectivity index (χ0v) is 10.5. The van der Waals surface area contributed by atoms with Crippen molar-refractivity contribution < 1.29 is 0 Å². The van der Waals surface area contributed by atoms with Crippen LogP contribution in [0.25, 0.3) is 0 Å². The molecular formula is C14H27N. The second-order valence-electron chi connectivity index (χ2n) is 5.69. The molecule has 1 heteroatoms. The maximum atomic E-state index is 3.80. The van der Waals surface area contributed by atoms with E-state index in [4.69, 9.17) is 0 Å². The van der Waals surface area contributed by atoms with Crippen LogP contribution in [0.1, 0.15) is 58.8 Å². The maximum absolute atomic E-state index is 3.80. The van der Waals surface area contributed by atoms with Gasteiger partial charge in [0, 0.05) is 6.04 Å². The summed E-state index contributed by atoms with van der Waals surface area (Å²) in [6.07, 6.45) is 10.2. The predicted molar refractivity (Wildman–Crippen MR) is 65.9 cm³/mol. The van der Waals surface area contributed by atoms with Gasteiger partial charge in [-0.25, -0.2) is 0 Å². The van der Waals surface area contributed by atoms with Crippen molar-refractivity contribution >= 4 is 0 Å². The van der Waals surface area contributed by atoms with Gasteiger partial charge in [0.25, 0.3) is 0 Å². The highest BCUT2D eigenvalue weighted by atomic mass is 14.9. The van der Waals surface area contributed by atoms with E-state index in [2.05, 4.69) is 19.2 Å². The van der Waals surface area contributed by atoms with Crippen molar-refractivity contribution in [3.8, 4) is 0 Å². The van der Waals surface area contributed by atoms with Gasteiger partial charge in [-0.2, -0.15) is 0 Å². The Kier molecular flexibility index (Phi) is 4.07. The Morgan fingerprint density at radius 2 is 2.00 bits per heavy atom. The van der Waals surface area contributed by atoms with E-state index >= 15 is 0 Å². The fourth-order valence-corrected chi connectivity index (χ4v) is 3.89. The number of rotatable bonds is 6. The summed E-state index contributed by atoms with van der Waals surface area (Å²) in [6.45, 7) is 5.82. The minimum Gasteiger partial charge on any atom is -0.314 e. The molecule has 0 aromatic carbocycles. The molecule has 1 nitrogen and oxygen atoms in total. The van der Waals surface area contributed by atoms with Gasteiger partial charge in [-0.1, -0.05) is 26.7 Å². The summed E-state index contributed by atoms with van der Waals surface area (Å²) in [4.78, 5) is 0. The Morgan fingerprint density at radius 1 is 1.13 bits per heavy atom. The van der Waals surface area contributed by atoms with Gasteiger partial charge >= 0.3 is 0 Å². The lowest BCUT2D eigenvalue weighted by Crippen LogP contribution is -2.39. The van der Waals surface area contributed by atoms with E-state index in [-0.39, 0.29) is 0 Å². The highest BCUT2D eigenvalue weighted by molar-refractivity contribution is 4.95. The van der Waals surface area contributed by atoms with Crippen molar-refractivity contribution in [3.63, 3.8) is 0 Å². The average Bonchev–Trinajstić information content (AvgIpc) is 2.85. The first-order valence-corrected chi connectivity index (χ1v) is 7.08. The maximum Gasteiger partial charge on any atom is 0.00979 e. The van der Waals surface area contributed by atoms with E-state index < -0.39 is 0 Å². The molecule has 4 atom stereocenters. The molecule has 4 unspecified atom stereocenters. The average molecular weight is 209 g/mol. The van der Waals surface area contributed by atoms with Gasteiger partial charge in [-0.15, -0.1) is 0 Å². The molecule has 2 aliphatic carbocycles. The summed E-state index contributed by atoms with van der Waals surface area (Å²) in [5, 5.41) is 3.80. The van der Waals surface area contributed by atoms with Crippen LogP contribution in [0.5, 0.6) is 0 Å². The normalized spacial score (nSPS) is 36.0. The van der Waals surface area contributed by atoms with Gasteiger partial charge < -0.3 is 5.32 Å². The second-order valence-corrected chi connectivity index (χ2v) is 5.69. The third kappa shape index (κ3) is 2.55. The Hall–Kier alpha value is -0.0400. The molecule has 2 saturated carbocycles. The van der Waals surface area contributed by atoms with Crippen LogP contribution in [0.3, 0.4) is 0 Å². The van der Waals surface area contributed by atoms with Crippen LogP contribution in [-0.4, -0.2) is 12.6 Å². The topological polar surface area (TPSA) is 12.0 Å². The molecule has 2 aliphatic rings. The van der Waals surface area contributed by atoms with E-state index in [9.17, 15) is 0 Å². The molecular weight excluding hydrogens is 182 g/mol. The van der Waals surface area contributed by atoms with E-state index in [1.54, 1.807) is 6.42 Å². The summed E-state index contributed by atoms with van der Waals surface area (Å²) in [5.41, 5.74) is 0. The van der Waals surface area contributed by atoms with Gasteiger partial charge in [0.05, 0.1) is 0 Å². The highest BCUT2D eigenvalue weighted by Gasteiger charge is 2.42. The molecule has 0 saturated heterocycles. The second kappa shape index (κ2) is 5.34. The first-order valence-electron chi connectivity index (χ1n) is 7.08. The summed E-state index contributed by atoms with van der Waals surface area (Å²) in [7, 11) is 0. The number of hydrogen-bond donors (Lipinski definition) is 1. The summed E-state index contributed by atoms with van der Waals surface area (Å²) < 4.78 is 0. The Labute approximate surface area is 95.0 Å². The smallest absolute Gasteiger partial charge is 0.00979 e. The minimum absolute atomic E-state index is 0.838. The van der Waals surface area contributed by atoms with Gasteiger partial charge in [0.15, 0.2) is 0 Å². The Bertz CT molecular complexity index is 190. The number of fused-ring (bicyclic) bond motifs is 2. The number of hydrogen-bond acceptors (Lipinski definition) is 1. The largest absolute Gasteiger partial charge is 0.314 e. The third-order valence-electron chi connectivity index (χ3n) is 4.57. The van der Waals surface area contributed by atoms with Crippen molar-refractivity contribution in [2.24, 2.45) is 17.8 Å². The monoisotopic (exact) mass is 209 g/mol. The van der Waals surface area contributed by atoms with Gasteiger partial charge in [-0.05, 0) is 56.4 Å². The zero-order valence-electron chi connectivity index (χ0n) is 10.5. The number of nitrogens with one attached hydrogen (secondary N) is 1. The van der Waals surface area contributed by atoms with Crippen LogP contribution < -0.4 is 5.32 Å². The first-order chi connectivity index (χ1) is 7.35. The van der Waals surface area contributed by atoms with E-state index in [0.717, 1.165) is 23.8 Å². The van der Waals surface area contributed by atoms with E-state index in [1.165, 1.54) is 45.1 Å². The predicted octanol–water partition coefficient (Wildman–Crippen LogP) is 3.59. The molecule has 0 amide bonds. The van der Waals surface area contributed by atoms with Crippen molar-refractivity contribution in [2.75, 3.05) is 6.54 Å². The highest BCUT2D eigenvalue weighted by Crippen LogP contribution is 2.50. The molecule has 1 N–H and O–H groups in total. The Balaban J connectivity index is 1.86. The summed E-state index contributed by atoms with van der Waals surface area (Å²) in [6, 6.07) is 0.838. The molecule has 15 heavy (non-hydrogen) atoms. The molecule has 88 valence electrons. The van der Waals surface area contributed by atoms with Crippen LogP contribution >= 0.6 is 0 Å². The third-order valence-corrected chi connectivity index (χ3v) is 4.57. The Morgan fingerprint density at radius 3 is 2.53 bits per heavy atom. The first kappa shape index (κ1) is 11.4. The van der Waals surface area contributed by atoms with Gasteiger partial charge in [-0.3, -0.25) is 0 Å². The fraction of sp³-hybridized carbons (Fsp3) is 1.00. The summed E-state index contributed by atoms with van der Waals surface area (Å²) in [5.74, 6) is 3.20. The van der Waals surface area contributed by atoms with Gasteiger partial charge in [0.1, 0.15) is 0 Å². The molecule has 0 aromatic heterocycles. The van der Waals surface area contributed by atoms with E-state index in [0.29, 0.717) is 0 Å². The minimum atomic E-state index is 0.838. The molecule has 0 heterocycles. The van der Waals surface area contributed by atoms with Crippen molar-refractivity contribution in [3.05, 3.63) is 0 Å². The van der Waals surface area contributed by atoms with E-state index in [1.807, 2.05) is 0 Å². The van der Waals surface area contributed by atoms with Crippen LogP contribution in [0, 0.1) is 17.8 Å². The fourth-order valence-electron chi connectivity index (χ4n) is 3.89. The van der Waals surface area contributed by atoms with Crippen LogP contribution in [0.4, 0.5) is 0 Å². The van der Waals surface area contributed by atoms with Crippen LogP contribution in [0.15, 0.2) is 0 Å². The van der Waals surface area contributed by atoms with Crippen molar-refractivity contribution in [1.29, 1.82) is 0 Å². The quantitative estimate of drug-likeness (QED) is 0.705. The molecule has 0 spiro atoms. The lowest BCUT2D eigenvalue weighted by Gasteiger charge is -2.31. The molecule has 2 fully saturated rings. The molecule has 0 aliphatic heterocycles. The molecule has 2 bridgehead atoms. The van der Waals surface area contributed by atoms with Gasteiger partial charge in [0.2, 0.25) is 0 Å². The molecule has 0 aromatic rings. The van der Waals surface area contributed by atoms with Crippen LogP contribution in [0.2, 0.25) is 0 Å². The van der Waals surface area contributed by atoms with Crippen LogP contribution in [-0.2, 0) is 0 Å². The zero-order chi connectivity index (χ0) is 10.7. The standard InChI is InChI=1S/C14H27N/c1-3-5-14(15-8-4-2)13-10-11-6-7-12(13)9-11/h11-15H,3-10H2,1-2H3. The lowest BCUT2D eigenvalue weighted by molar-refractivity contribution is 0.237. The lowest BCUT2D eigenvalue weighted by atomic mass is 9.81. The SMILES string of the molecule is CCCNC(CCC)C1CC2CCC1C2. The summed E-state index contributed by atoms with van der Waals surface area (Å²) >= 11 is 0. The molecule has 2 rings (SSSR count). The van der Waals surface area contributed by atoms with Crippen molar-refractivity contribution in [2.45, 2.75) is 64.8 Å².